The van der Waals surface area contributed by atoms with Crippen molar-refractivity contribution in [2.75, 3.05) is 0 Å². The molecule has 3 heteroatoms. The number of thiol groups is 1. The van der Waals surface area contributed by atoms with Crippen LogP contribution in [0.3, 0.4) is 0 Å². The summed E-state index contributed by atoms with van der Waals surface area (Å²) in [6, 6.07) is 7.15. The van der Waals surface area contributed by atoms with E-state index in [4.69, 9.17) is 0 Å². The quantitative estimate of drug-likeness (QED) is 0.458. The smallest absolute Gasteiger partial charge is 0.137 e. The molecule has 0 aliphatic carbocycles. The minimum Gasteiger partial charge on any atom is -0.507 e. The summed E-state index contributed by atoms with van der Waals surface area (Å²) in [6.07, 6.45) is 0. The maximum absolute atomic E-state index is 9.80. The summed E-state index contributed by atoms with van der Waals surface area (Å²) in [4.78, 5) is 0.432. The average Bonchev–Trinajstić information content (AvgIpc) is 2.23. The molecule has 0 bridgehead atoms. The second-order valence-electron chi connectivity index (χ2n) is 3.22. The van der Waals surface area contributed by atoms with Gasteiger partial charge in [0.2, 0.25) is 0 Å². The topological polar surface area (TPSA) is 40.5 Å². The van der Waals surface area contributed by atoms with E-state index in [1.54, 1.807) is 19.1 Å². The van der Waals surface area contributed by atoms with Crippen molar-refractivity contribution in [1.29, 1.82) is 0 Å². The van der Waals surface area contributed by atoms with Crippen molar-refractivity contribution < 1.29 is 10.2 Å². The molecule has 0 unspecified atom stereocenters. The van der Waals surface area contributed by atoms with Gasteiger partial charge >= 0.3 is 0 Å². The maximum atomic E-state index is 9.80. The molecule has 2 N–H and O–H groups in total. The Bertz CT molecular complexity index is 460. The standard InChI is InChI=1S/C11H10O2S/c1-6-9(12)7-4-2-3-5-8(7)10(13)11(6)14/h2-5,12-14H,1H3. The number of hydrogen-bond donors (Lipinski definition) is 3. The lowest BCUT2D eigenvalue weighted by Crippen LogP contribution is -1.83. The van der Waals surface area contributed by atoms with Crippen LogP contribution in [0.5, 0.6) is 11.5 Å². The van der Waals surface area contributed by atoms with Gasteiger partial charge in [-0.15, -0.1) is 12.6 Å². The summed E-state index contributed by atoms with van der Waals surface area (Å²) in [5.74, 6) is 0.308. The zero-order valence-corrected chi connectivity index (χ0v) is 8.55. The molecule has 0 radical (unpaired) electrons. The molecule has 14 heavy (non-hydrogen) atoms. The van der Waals surface area contributed by atoms with Crippen molar-refractivity contribution in [3.05, 3.63) is 29.8 Å². The molecule has 2 nitrogen and oxygen atoms in total. The van der Waals surface area contributed by atoms with Gasteiger partial charge in [-0.2, -0.15) is 0 Å². The van der Waals surface area contributed by atoms with Gasteiger partial charge in [-0.25, -0.2) is 0 Å². The van der Waals surface area contributed by atoms with Crippen molar-refractivity contribution in [3.63, 3.8) is 0 Å². The number of rotatable bonds is 0. The van der Waals surface area contributed by atoms with E-state index in [1.807, 2.05) is 12.1 Å². The normalized spacial score (nSPS) is 10.7. The minimum atomic E-state index is 0.124. The number of hydrogen-bond acceptors (Lipinski definition) is 3. The fraction of sp³-hybridized carbons (Fsp3) is 0.0909. The van der Waals surface area contributed by atoms with Gasteiger partial charge in [0.25, 0.3) is 0 Å². The Labute approximate surface area is 87.2 Å². The predicted octanol–water partition coefficient (Wildman–Crippen LogP) is 2.85. The fourth-order valence-corrected chi connectivity index (χ4v) is 1.74. The average molecular weight is 206 g/mol. The maximum Gasteiger partial charge on any atom is 0.137 e. The summed E-state index contributed by atoms with van der Waals surface area (Å²) < 4.78 is 0. The zero-order valence-electron chi connectivity index (χ0n) is 7.65. The van der Waals surface area contributed by atoms with Crippen LogP contribution in [-0.2, 0) is 0 Å². The summed E-state index contributed by atoms with van der Waals surface area (Å²) in [6.45, 7) is 1.73. The number of benzene rings is 2. The Morgan fingerprint density at radius 2 is 1.50 bits per heavy atom. The molecule has 0 fully saturated rings. The molecule has 72 valence electrons. The highest BCUT2D eigenvalue weighted by Crippen LogP contribution is 2.40. The van der Waals surface area contributed by atoms with Crippen molar-refractivity contribution in [2.45, 2.75) is 11.8 Å². The second kappa shape index (κ2) is 3.10. The van der Waals surface area contributed by atoms with E-state index in [0.717, 1.165) is 0 Å². The monoisotopic (exact) mass is 206 g/mol. The van der Waals surface area contributed by atoms with Gasteiger partial charge in [0.15, 0.2) is 0 Å². The first-order valence-corrected chi connectivity index (χ1v) is 4.70. The van der Waals surface area contributed by atoms with Gasteiger partial charge in [0.1, 0.15) is 11.5 Å². The van der Waals surface area contributed by atoms with Crippen molar-refractivity contribution in [3.8, 4) is 11.5 Å². The van der Waals surface area contributed by atoms with Gasteiger partial charge in [-0.3, -0.25) is 0 Å². The highest BCUT2D eigenvalue weighted by Gasteiger charge is 2.12. The Morgan fingerprint density at radius 1 is 1.00 bits per heavy atom. The predicted molar refractivity (Wildman–Crippen MR) is 59.3 cm³/mol. The largest absolute Gasteiger partial charge is 0.507 e. The van der Waals surface area contributed by atoms with Gasteiger partial charge < -0.3 is 10.2 Å². The molecular weight excluding hydrogens is 196 g/mol. The SMILES string of the molecule is Cc1c(S)c(O)c2ccccc2c1O. The van der Waals surface area contributed by atoms with Crippen LogP contribution in [0.2, 0.25) is 0 Å². The van der Waals surface area contributed by atoms with Gasteiger partial charge in [0.05, 0.1) is 4.90 Å². The fourth-order valence-electron chi connectivity index (χ4n) is 1.52. The van der Waals surface area contributed by atoms with Crippen LogP contribution in [-0.4, -0.2) is 10.2 Å². The summed E-state index contributed by atoms with van der Waals surface area (Å²) in [7, 11) is 0. The number of aromatic hydroxyl groups is 2. The molecule has 0 aliphatic heterocycles. The lowest BCUT2D eigenvalue weighted by atomic mass is 10.0. The van der Waals surface area contributed by atoms with Crippen molar-refractivity contribution in [1.82, 2.24) is 0 Å². The van der Waals surface area contributed by atoms with E-state index in [9.17, 15) is 10.2 Å². The van der Waals surface area contributed by atoms with Crippen molar-refractivity contribution in [2.24, 2.45) is 0 Å². The van der Waals surface area contributed by atoms with E-state index in [0.29, 0.717) is 21.2 Å². The Morgan fingerprint density at radius 3 is 2.07 bits per heavy atom. The van der Waals surface area contributed by atoms with E-state index in [1.165, 1.54) is 0 Å². The molecule has 0 saturated heterocycles. The Kier molecular flexibility index (Phi) is 2.04. The lowest BCUT2D eigenvalue weighted by Gasteiger charge is -2.09. The number of phenols is 2. The highest BCUT2D eigenvalue weighted by atomic mass is 32.1. The summed E-state index contributed by atoms with van der Waals surface area (Å²) in [5, 5.41) is 20.9. The molecule has 0 atom stereocenters. The first-order valence-electron chi connectivity index (χ1n) is 4.25. The van der Waals surface area contributed by atoms with Crippen LogP contribution in [0.15, 0.2) is 29.2 Å². The minimum absolute atomic E-state index is 0.124. The molecule has 0 spiro atoms. The first kappa shape index (κ1) is 9.21. The third-order valence-corrected chi connectivity index (χ3v) is 2.92. The molecule has 0 heterocycles. The van der Waals surface area contributed by atoms with Crippen LogP contribution < -0.4 is 0 Å². The molecule has 2 rings (SSSR count). The third kappa shape index (κ3) is 1.13. The number of phenolic OH excluding ortho intramolecular Hbond substituents is 2. The van der Waals surface area contributed by atoms with Gasteiger partial charge in [-0.1, -0.05) is 24.3 Å². The molecule has 0 aromatic heterocycles. The summed E-state index contributed by atoms with van der Waals surface area (Å²) in [5.41, 5.74) is 0.601. The number of fused-ring (bicyclic) bond motifs is 1. The van der Waals surface area contributed by atoms with Gasteiger partial charge in [0, 0.05) is 16.3 Å². The van der Waals surface area contributed by atoms with E-state index in [2.05, 4.69) is 12.6 Å². The van der Waals surface area contributed by atoms with Crippen molar-refractivity contribution >= 4 is 23.4 Å². The van der Waals surface area contributed by atoms with Crippen LogP contribution in [0.1, 0.15) is 5.56 Å². The third-order valence-electron chi connectivity index (χ3n) is 2.37. The molecule has 0 amide bonds. The van der Waals surface area contributed by atoms with Crippen LogP contribution in [0.25, 0.3) is 10.8 Å². The molecular formula is C11H10O2S. The Hall–Kier alpha value is -1.35. The van der Waals surface area contributed by atoms with Crippen LogP contribution >= 0.6 is 12.6 Å². The first-order chi connectivity index (χ1) is 6.63. The van der Waals surface area contributed by atoms with E-state index in [-0.39, 0.29) is 11.5 Å². The molecule has 0 saturated carbocycles. The van der Waals surface area contributed by atoms with Gasteiger partial charge in [-0.05, 0) is 6.92 Å². The van der Waals surface area contributed by atoms with Crippen LogP contribution in [0.4, 0.5) is 0 Å². The Balaban J connectivity index is 3.02. The van der Waals surface area contributed by atoms with Crippen LogP contribution in [0, 0.1) is 6.92 Å². The highest BCUT2D eigenvalue weighted by molar-refractivity contribution is 7.80. The lowest BCUT2D eigenvalue weighted by molar-refractivity contribution is 0.454. The zero-order chi connectivity index (χ0) is 10.3. The second-order valence-corrected chi connectivity index (χ2v) is 3.66. The van der Waals surface area contributed by atoms with E-state index >= 15 is 0 Å². The molecule has 2 aromatic carbocycles. The molecule has 0 aliphatic rings. The van der Waals surface area contributed by atoms with E-state index < -0.39 is 0 Å². The molecule has 2 aromatic rings. The summed E-state index contributed by atoms with van der Waals surface area (Å²) >= 11 is 4.15.